The van der Waals surface area contributed by atoms with Crippen LogP contribution in [0.3, 0.4) is 0 Å². The molecular formula is C8H14N4O2S. The fourth-order valence-electron chi connectivity index (χ4n) is 1.75. The second-order valence-corrected chi connectivity index (χ2v) is 6.15. The van der Waals surface area contributed by atoms with Crippen molar-refractivity contribution in [2.75, 3.05) is 6.26 Å². The fourth-order valence-corrected chi connectivity index (χ4v) is 2.43. The number of aromatic nitrogens is 3. The van der Waals surface area contributed by atoms with Crippen LogP contribution in [0.1, 0.15) is 18.1 Å². The van der Waals surface area contributed by atoms with Gasteiger partial charge in [-0.2, -0.15) is 0 Å². The van der Waals surface area contributed by atoms with Crippen LogP contribution in [0.4, 0.5) is 0 Å². The lowest BCUT2D eigenvalue weighted by Gasteiger charge is -2.20. The van der Waals surface area contributed by atoms with Gasteiger partial charge in [0.1, 0.15) is 17.4 Å². The number of aryl methyl sites for hydroxylation is 1. The molecule has 1 aromatic heterocycles. The van der Waals surface area contributed by atoms with E-state index in [0.717, 1.165) is 18.7 Å². The predicted octanol–water partition coefficient (Wildman–Crippen LogP) is -0.904. The Hall–Kier alpha value is -0.950. The van der Waals surface area contributed by atoms with Crippen molar-refractivity contribution in [1.29, 1.82) is 0 Å². The minimum Gasteiger partial charge on any atom is -0.326 e. The van der Waals surface area contributed by atoms with E-state index in [9.17, 15) is 8.42 Å². The number of hydrogen-bond donors (Lipinski definition) is 1. The van der Waals surface area contributed by atoms with Gasteiger partial charge in [-0.05, 0) is 6.42 Å². The van der Waals surface area contributed by atoms with Crippen molar-refractivity contribution in [2.45, 2.75) is 31.2 Å². The molecule has 6 nitrogen and oxygen atoms in total. The maximum absolute atomic E-state index is 11.2. The van der Waals surface area contributed by atoms with Gasteiger partial charge in [0.05, 0.1) is 0 Å². The molecule has 1 aliphatic heterocycles. The highest BCUT2D eigenvalue weighted by Crippen LogP contribution is 2.14. The molecule has 0 bridgehead atoms. The monoisotopic (exact) mass is 230 g/mol. The van der Waals surface area contributed by atoms with Crippen LogP contribution < -0.4 is 5.73 Å². The zero-order chi connectivity index (χ0) is 11.1. The van der Waals surface area contributed by atoms with E-state index in [1.807, 2.05) is 4.57 Å². The highest BCUT2D eigenvalue weighted by atomic mass is 32.2. The van der Waals surface area contributed by atoms with Crippen LogP contribution in [0.2, 0.25) is 0 Å². The lowest BCUT2D eigenvalue weighted by Crippen LogP contribution is -2.33. The summed E-state index contributed by atoms with van der Waals surface area (Å²) >= 11 is 0. The second-order valence-electron chi connectivity index (χ2n) is 4.01. The van der Waals surface area contributed by atoms with Crippen molar-refractivity contribution in [3.05, 3.63) is 11.6 Å². The van der Waals surface area contributed by atoms with E-state index in [4.69, 9.17) is 5.73 Å². The number of nitrogens with two attached hydrogens (primary N) is 1. The van der Waals surface area contributed by atoms with Crippen molar-refractivity contribution in [1.82, 2.24) is 14.8 Å². The molecular weight excluding hydrogens is 216 g/mol. The zero-order valence-corrected chi connectivity index (χ0v) is 9.37. The maximum Gasteiger partial charge on any atom is 0.154 e. The maximum atomic E-state index is 11.2. The van der Waals surface area contributed by atoms with E-state index in [1.165, 1.54) is 6.26 Å². The third-order valence-electron chi connectivity index (χ3n) is 2.45. The van der Waals surface area contributed by atoms with Crippen LogP contribution in [-0.2, 0) is 28.6 Å². The van der Waals surface area contributed by atoms with Gasteiger partial charge in [0, 0.05) is 25.3 Å². The normalized spacial score (nSPS) is 21.3. The molecule has 0 fully saturated rings. The molecule has 0 saturated heterocycles. The van der Waals surface area contributed by atoms with E-state index in [2.05, 4.69) is 10.2 Å². The third kappa shape index (κ3) is 2.35. The van der Waals surface area contributed by atoms with Crippen LogP contribution in [-0.4, -0.2) is 35.5 Å². The molecule has 0 amide bonds. The Morgan fingerprint density at radius 2 is 2.27 bits per heavy atom. The first-order chi connectivity index (χ1) is 6.96. The number of nitrogens with zero attached hydrogens (tertiary/aromatic N) is 3. The van der Waals surface area contributed by atoms with Crippen molar-refractivity contribution in [3.63, 3.8) is 0 Å². The predicted molar refractivity (Wildman–Crippen MR) is 54.9 cm³/mol. The molecule has 84 valence electrons. The third-order valence-corrected chi connectivity index (χ3v) is 3.23. The summed E-state index contributed by atoms with van der Waals surface area (Å²) < 4.78 is 24.1. The number of rotatable bonds is 2. The van der Waals surface area contributed by atoms with Crippen molar-refractivity contribution >= 4 is 9.84 Å². The van der Waals surface area contributed by atoms with Gasteiger partial charge in [-0.1, -0.05) is 0 Å². The lowest BCUT2D eigenvalue weighted by atomic mass is 10.1. The minimum atomic E-state index is -3.06. The molecule has 2 heterocycles. The van der Waals surface area contributed by atoms with Crippen molar-refractivity contribution in [3.8, 4) is 0 Å². The zero-order valence-electron chi connectivity index (χ0n) is 8.55. The molecule has 0 aliphatic carbocycles. The van der Waals surface area contributed by atoms with Gasteiger partial charge >= 0.3 is 0 Å². The molecule has 0 aromatic carbocycles. The van der Waals surface area contributed by atoms with Gasteiger partial charge in [-0.3, -0.25) is 0 Å². The Bertz CT molecular complexity index is 465. The highest BCUT2D eigenvalue weighted by molar-refractivity contribution is 7.89. The van der Waals surface area contributed by atoms with Crippen LogP contribution in [0.15, 0.2) is 0 Å². The number of fused-ring (bicyclic) bond motifs is 1. The number of sulfone groups is 1. The summed E-state index contributed by atoms with van der Waals surface area (Å²) in [5, 5.41) is 7.86. The molecule has 2 N–H and O–H groups in total. The van der Waals surface area contributed by atoms with Crippen molar-refractivity contribution < 1.29 is 8.42 Å². The van der Waals surface area contributed by atoms with Gasteiger partial charge < -0.3 is 10.3 Å². The van der Waals surface area contributed by atoms with E-state index in [1.54, 1.807) is 0 Å². The van der Waals surface area contributed by atoms with Gasteiger partial charge in [0.15, 0.2) is 9.84 Å². The van der Waals surface area contributed by atoms with E-state index in [0.29, 0.717) is 12.4 Å². The molecule has 2 rings (SSSR count). The highest BCUT2D eigenvalue weighted by Gasteiger charge is 2.22. The summed E-state index contributed by atoms with van der Waals surface area (Å²) in [6, 6.07) is 0.0758. The standard InChI is InChI=1S/C8H14N4O2S/c1-15(13,14)5-8-11-10-7-3-2-6(9)4-12(7)8/h6H,2-5,9H2,1H3. The van der Waals surface area contributed by atoms with Gasteiger partial charge in [0.2, 0.25) is 0 Å². The Morgan fingerprint density at radius 1 is 1.53 bits per heavy atom. The first-order valence-electron chi connectivity index (χ1n) is 4.80. The summed E-state index contributed by atoms with van der Waals surface area (Å²) in [6.07, 6.45) is 2.85. The van der Waals surface area contributed by atoms with Crippen LogP contribution >= 0.6 is 0 Å². The Labute approximate surface area is 88.4 Å². The Balaban J connectivity index is 2.31. The van der Waals surface area contributed by atoms with Gasteiger partial charge in [-0.25, -0.2) is 8.42 Å². The molecule has 1 aromatic rings. The summed E-state index contributed by atoms with van der Waals surface area (Å²) in [4.78, 5) is 0. The summed E-state index contributed by atoms with van der Waals surface area (Å²) in [7, 11) is -3.06. The first-order valence-corrected chi connectivity index (χ1v) is 6.86. The van der Waals surface area contributed by atoms with Gasteiger partial charge in [0.25, 0.3) is 0 Å². The average molecular weight is 230 g/mol. The molecule has 1 atom stereocenters. The molecule has 0 saturated carbocycles. The van der Waals surface area contributed by atoms with E-state index < -0.39 is 9.84 Å². The minimum absolute atomic E-state index is 0.0628. The smallest absolute Gasteiger partial charge is 0.154 e. The van der Waals surface area contributed by atoms with Crippen LogP contribution in [0.25, 0.3) is 0 Å². The quantitative estimate of drug-likeness (QED) is 0.710. The van der Waals surface area contributed by atoms with Crippen LogP contribution in [0, 0.1) is 0 Å². The Kier molecular flexibility index (Phi) is 2.51. The summed E-state index contributed by atoms with van der Waals surface area (Å²) in [5.41, 5.74) is 5.82. The molecule has 15 heavy (non-hydrogen) atoms. The lowest BCUT2D eigenvalue weighted by molar-refractivity contribution is 0.446. The van der Waals surface area contributed by atoms with Gasteiger partial charge in [-0.15, -0.1) is 10.2 Å². The topological polar surface area (TPSA) is 90.9 Å². The molecule has 7 heteroatoms. The molecule has 1 unspecified atom stereocenters. The average Bonchev–Trinajstić information content (AvgIpc) is 2.46. The summed E-state index contributed by atoms with van der Waals surface area (Å²) in [6.45, 7) is 0.618. The largest absolute Gasteiger partial charge is 0.326 e. The molecule has 0 radical (unpaired) electrons. The second kappa shape index (κ2) is 3.57. The van der Waals surface area contributed by atoms with Crippen LogP contribution in [0.5, 0.6) is 0 Å². The Morgan fingerprint density at radius 3 is 2.93 bits per heavy atom. The molecule has 1 aliphatic rings. The van der Waals surface area contributed by atoms with E-state index >= 15 is 0 Å². The van der Waals surface area contributed by atoms with Crippen molar-refractivity contribution in [2.24, 2.45) is 5.73 Å². The summed E-state index contributed by atoms with van der Waals surface area (Å²) in [5.74, 6) is 1.28. The first kappa shape index (κ1) is 10.6. The number of hydrogen-bond acceptors (Lipinski definition) is 5. The fraction of sp³-hybridized carbons (Fsp3) is 0.750. The van der Waals surface area contributed by atoms with E-state index in [-0.39, 0.29) is 11.8 Å². The SMILES string of the molecule is CS(=O)(=O)Cc1nnc2n1CC(N)CC2. The molecule has 0 spiro atoms.